The molecule has 0 bridgehead atoms. The minimum absolute atomic E-state index is 0.108. The van der Waals surface area contributed by atoms with E-state index in [1.807, 2.05) is 0 Å². The second-order valence-electron chi connectivity index (χ2n) is 7.28. The van der Waals surface area contributed by atoms with Crippen LogP contribution < -0.4 is 10.0 Å². The number of para-hydroxylation sites is 1. The van der Waals surface area contributed by atoms with Gasteiger partial charge in [-0.25, -0.2) is 17.9 Å². The topological polar surface area (TPSA) is 119 Å². The summed E-state index contributed by atoms with van der Waals surface area (Å²) in [5.74, 6) is -1.91. The smallest absolute Gasteiger partial charge is 0.294 e. The molecule has 1 aromatic rings. The van der Waals surface area contributed by atoms with Gasteiger partial charge in [-0.1, -0.05) is 6.07 Å². The highest BCUT2D eigenvalue weighted by atomic mass is 32.2. The van der Waals surface area contributed by atoms with Crippen LogP contribution in [0.3, 0.4) is 0 Å². The number of likely N-dealkylation sites (tertiary alicyclic amines) is 1. The van der Waals surface area contributed by atoms with Gasteiger partial charge in [0.2, 0.25) is 10.0 Å². The maximum absolute atomic E-state index is 15.8. The number of piperidine rings is 1. The highest BCUT2D eigenvalue weighted by Crippen LogP contribution is 2.41. The third kappa shape index (κ3) is 4.12. The Balaban J connectivity index is 1.87. The van der Waals surface area contributed by atoms with Gasteiger partial charge in [-0.05, 0) is 18.9 Å². The Bertz CT molecular complexity index is 836. The van der Waals surface area contributed by atoms with Gasteiger partial charge in [-0.15, -0.1) is 0 Å². The van der Waals surface area contributed by atoms with Crippen LogP contribution in [0.4, 0.5) is 15.8 Å². The van der Waals surface area contributed by atoms with Gasteiger partial charge in [0.1, 0.15) is 10.6 Å². The van der Waals surface area contributed by atoms with Crippen LogP contribution in [-0.2, 0) is 14.8 Å². The molecule has 2 aliphatic heterocycles. The number of hydrogen-bond acceptors (Lipinski definition) is 7. The minimum Gasteiger partial charge on any atom is -0.381 e. The SMILES string of the molecule is CN(c1c([N+](=O)[O-])cccc1S(N)(=O)=O)C1(F)CCN(C2CCOCC2)CC1. The normalized spacial score (nSPS) is 21.4. The van der Waals surface area contributed by atoms with Crippen molar-refractivity contribution in [1.82, 2.24) is 4.90 Å². The van der Waals surface area contributed by atoms with E-state index in [2.05, 4.69) is 4.90 Å². The Morgan fingerprint density at radius 1 is 1.32 bits per heavy atom. The van der Waals surface area contributed by atoms with Gasteiger partial charge in [-0.2, -0.15) is 0 Å². The van der Waals surface area contributed by atoms with E-state index in [-0.39, 0.29) is 18.5 Å². The zero-order valence-electron chi connectivity index (χ0n) is 15.7. The zero-order valence-corrected chi connectivity index (χ0v) is 16.5. The summed E-state index contributed by atoms with van der Waals surface area (Å²) < 4.78 is 45.1. The summed E-state index contributed by atoms with van der Waals surface area (Å²) in [7, 11) is -2.92. The first-order valence-corrected chi connectivity index (χ1v) is 10.7. The lowest BCUT2D eigenvalue weighted by Crippen LogP contribution is -2.54. The van der Waals surface area contributed by atoms with Crippen molar-refractivity contribution in [2.75, 3.05) is 38.3 Å². The van der Waals surface area contributed by atoms with E-state index >= 15 is 4.39 Å². The first-order chi connectivity index (χ1) is 13.1. The maximum Gasteiger partial charge on any atom is 0.294 e. The molecule has 0 amide bonds. The van der Waals surface area contributed by atoms with Crippen molar-refractivity contribution < 1.29 is 22.5 Å². The van der Waals surface area contributed by atoms with Crippen molar-refractivity contribution in [1.29, 1.82) is 0 Å². The van der Waals surface area contributed by atoms with Gasteiger partial charge in [0, 0.05) is 58.3 Å². The van der Waals surface area contributed by atoms with Crippen molar-refractivity contribution in [2.24, 2.45) is 5.14 Å². The molecular formula is C17H25FN4O5S. The molecule has 2 aliphatic rings. The predicted molar refractivity (Wildman–Crippen MR) is 101 cm³/mol. The molecule has 0 spiro atoms. The molecular weight excluding hydrogens is 391 g/mol. The fourth-order valence-electron chi connectivity index (χ4n) is 4.04. The number of primary sulfonamides is 1. The van der Waals surface area contributed by atoms with Crippen molar-refractivity contribution in [2.45, 2.75) is 42.4 Å². The Labute approximate surface area is 163 Å². The number of rotatable bonds is 5. The molecule has 0 aliphatic carbocycles. The summed E-state index contributed by atoms with van der Waals surface area (Å²) in [6.45, 7) is 2.35. The summed E-state index contributed by atoms with van der Waals surface area (Å²) >= 11 is 0. The van der Waals surface area contributed by atoms with Crippen molar-refractivity contribution in [3.63, 3.8) is 0 Å². The lowest BCUT2D eigenvalue weighted by Gasteiger charge is -2.45. The van der Waals surface area contributed by atoms with E-state index in [0.717, 1.165) is 29.9 Å². The first-order valence-electron chi connectivity index (χ1n) is 9.18. The molecule has 0 aromatic heterocycles. The number of benzene rings is 1. The Hall–Kier alpha value is -1.82. The molecule has 28 heavy (non-hydrogen) atoms. The molecule has 2 saturated heterocycles. The van der Waals surface area contributed by atoms with Crippen molar-refractivity contribution in [3.8, 4) is 0 Å². The maximum atomic E-state index is 15.8. The van der Waals surface area contributed by atoms with E-state index in [1.165, 1.54) is 13.1 Å². The molecule has 0 radical (unpaired) electrons. The van der Waals surface area contributed by atoms with E-state index in [0.29, 0.717) is 32.3 Å². The highest BCUT2D eigenvalue weighted by molar-refractivity contribution is 7.89. The van der Waals surface area contributed by atoms with Crippen molar-refractivity contribution >= 4 is 21.4 Å². The van der Waals surface area contributed by atoms with E-state index < -0.39 is 31.3 Å². The average molecular weight is 416 g/mol. The summed E-state index contributed by atoms with van der Waals surface area (Å²) in [5.41, 5.74) is -0.796. The summed E-state index contributed by atoms with van der Waals surface area (Å²) in [6.07, 6.45) is 2.01. The summed E-state index contributed by atoms with van der Waals surface area (Å²) in [5, 5.41) is 16.7. The minimum atomic E-state index is -4.26. The molecule has 0 atom stereocenters. The number of ether oxygens (including phenoxy) is 1. The molecule has 2 N–H and O–H groups in total. The first kappa shape index (κ1) is 20.9. The van der Waals surface area contributed by atoms with E-state index in [9.17, 15) is 18.5 Å². The van der Waals surface area contributed by atoms with Crippen LogP contribution in [0.2, 0.25) is 0 Å². The van der Waals surface area contributed by atoms with Crippen molar-refractivity contribution in [3.05, 3.63) is 28.3 Å². The monoisotopic (exact) mass is 416 g/mol. The van der Waals surface area contributed by atoms with Gasteiger partial charge in [0.15, 0.2) is 5.79 Å². The lowest BCUT2D eigenvalue weighted by atomic mass is 9.96. The molecule has 0 unspecified atom stereocenters. The number of nitrogens with zero attached hydrogens (tertiary/aromatic N) is 3. The largest absolute Gasteiger partial charge is 0.381 e. The molecule has 2 fully saturated rings. The van der Waals surface area contributed by atoms with Crippen LogP contribution in [0.1, 0.15) is 25.7 Å². The number of hydrogen-bond donors (Lipinski definition) is 1. The number of nitro groups is 1. The number of halogens is 1. The van der Waals surface area contributed by atoms with Crippen LogP contribution in [0, 0.1) is 10.1 Å². The predicted octanol–water partition coefficient (Wildman–Crippen LogP) is 1.62. The van der Waals surface area contributed by atoms with Gasteiger partial charge < -0.3 is 9.64 Å². The number of nitro benzene ring substituents is 1. The second kappa shape index (κ2) is 7.90. The number of anilines is 1. The number of sulfonamides is 1. The van der Waals surface area contributed by atoms with E-state index in [1.54, 1.807) is 0 Å². The fourth-order valence-corrected chi connectivity index (χ4v) is 4.82. The van der Waals surface area contributed by atoms with Gasteiger partial charge >= 0.3 is 0 Å². The zero-order chi connectivity index (χ0) is 20.5. The molecule has 1 aromatic carbocycles. The molecule has 156 valence electrons. The van der Waals surface area contributed by atoms with E-state index in [4.69, 9.17) is 9.88 Å². The standard InChI is InChI=1S/C17H25FN4O5S/c1-20(16-14(22(23)24)3-2-4-15(16)28(19,25)26)17(18)7-9-21(10-8-17)13-5-11-27-12-6-13/h2-4,13H,5-12H2,1H3,(H2,19,25,26). The van der Waals surface area contributed by atoms with Crippen LogP contribution in [-0.4, -0.2) is 63.4 Å². The van der Waals surface area contributed by atoms with Crippen LogP contribution >= 0.6 is 0 Å². The third-order valence-electron chi connectivity index (χ3n) is 5.69. The molecule has 11 heteroatoms. The average Bonchev–Trinajstić information content (AvgIpc) is 2.67. The Morgan fingerprint density at radius 3 is 2.46 bits per heavy atom. The van der Waals surface area contributed by atoms with Crippen LogP contribution in [0.5, 0.6) is 0 Å². The fraction of sp³-hybridized carbons (Fsp3) is 0.647. The number of nitrogens with two attached hydrogens (primary N) is 1. The van der Waals surface area contributed by atoms with Gasteiger partial charge in [-0.3, -0.25) is 15.0 Å². The Morgan fingerprint density at radius 2 is 1.93 bits per heavy atom. The highest BCUT2D eigenvalue weighted by Gasteiger charge is 2.43. The molecule has 0 saturated carbocycles. The molecule has 3 rings (SSSR count). The lowest BCUT2D eigenvalue weighted by molar-refractivity contribution is -0.384. The quantitative estimate of drug-likeness (QED) is 0.440. The second-order valence-corrected chi connectivity index (χ2v) is 8.81. The number of alkyl halides is 1. The van der Waals surface area contributed by atoms with Crippen LogP contribution in [0.25, 0.3) is 0 Å². The van der Waals surface area contributed by atoms with Gasteiger partial charge in [0.05, 0.1) is 4.92 Å². The third-order valence-corrected chi connectivity index (χ3v) is 6.63. The summed E-state index contributed by atoms with van der Waals surface area (Å²) in [6, 6.07) is 3.89. The molecule has 9 nitrogen and oxygen atoms in total. The van der Waals surface area contributed by atoms with Crippen LogP contribution in [0.15, 0.2) is 23.1 Å². The Kier molecular flexibility index (Phi) is 5.89. The van der Waals surface area contributed by atoms with Gasteiger partial charge in [0.25, 0.3) is 5.69 Å². The summed E-state index contributed by atoms with van der Waals surface area (Å²) in [4.78, 5) is 13.6. The molecule has 2 heterocycles.